The predicted molar refractivity (Wildman–Crippen MR) is 101 cm³/mol. The van der Waals surface area contributed by atoms with Crippen LogP contribution in [0.5, 0.6) is 0 Å². The Balaban J connectivity index is 1.39. The quantitative estimate of drug-likeness (QED) is 0.780. The molecule has 1 atom stereocenters. The predicted octanol–water partition coefficient (Wildman–Crippen LogP) is 3.08. The lowest BCUT2D eigenvalue weighted by molar-refractivity contribution is -0.133. The van der Waals surface area contributed by atoms with Crippen molar-refractivity contribution < 1.29 is 18.8 Å². The van der Waals surface area contributed by atoms with E-state index < -0.39 is 11.4 Å². The molecule has 1 aliphatic carbocycles. The fourth-order valence-corrected chi connectivity index (χ4v) is 4.79. The summed E-state index contributed by atoms with van der Waals surface area (Å²) in [6, 6.07) is 4.06. The van der Waals surface area contributed by atoms with Crippen molar-refractivity contribution in [2.24, 2.45) is 5.92 Å². The topological polar surface area (TPSA) is 69.7 Å². The summed E-state index contributed by atoms with van der Waals surface area (Å²) in [5, 5.41) is 2.93. The van der Waals surface area contributed by atoms with Crippen molar-refractivity contribution in [2.45, 2.75) is 50.6 Å². The molecule has 0 aromatic heterocycles. The largest absolute Gasteiger partial charge is 0.338 e. The van der Waals surface area contributed by atoms with Crippen LogP contribution in [-0.2, 0) is 16.1 Å². The zero-order valence-electron chi connectivity index (χ0n) is 15.5. The van der Waals surface area contributed by atoms with Crippen LogP contribution in [-0.4, -0.2) is 46.3 Å². The summed E-state index contributed by atoms with van der Waals surface area (Å²) in [6.07, 6.45) is 4.64. The Bertz CT molecular complexity index is 825. The molecule has 28 heavy (non-hydrogen) atoms. The van der Waals surface area contributed by atoms with Crippen LogP contribution >= 0.6 is 11.6 Å². The van der Waals surface area contributed by atoms with Crippen LogP contribution in [0.15, 0.2) is 18.2 Å². The Morgan fingerprint density at radius 2 is 1.93 bits per heavy atom. The van der Waals surface area contributed by atoms with Crippen LogP contribution < -0.4 is 5.32 Å². The number of halogens is 2. The molecule has 1 aromatic rings. The molecule has 1 unspecified atom stereocenters. The zero-order chi connectivity index (χ0) is 19.9. The van der Waals surface area contributed by atoms with E-state index in [1.54, 1.807) is 11.0 Å². The minimum absolute atomic E-state index is 0.0258. The second-order valence-corrected chi connectivity index (χ2v) is 8.49. The lowest BCUT2D eigenvalue weighted by atomic mass is 9.81. The van der Waals surface area contributed by atoms with Gasteiger partial charge in [0.05, 0.1) is 5.02 Å². The Morgan fingerprint density at radius 3 is 2.64 bits per heavy atom. The molecule has 1 aromatic carbocycles. The highest BCUT2D eigenvalue weighted by Crippen LogP contribution is 2.34. The molecule has 2 aliphatic heterocycles. The van der Waals surface area contributed by atoms with E-state index in [4.69, 9.17) is 11.6 Å². The summed E-state index contributed by atoms with van der Waals surface area (Å²) in [6.45, 7) is 1.04. The van der Waals surface area contributed by atoms with Gasteiger partial charge in [0.1, 0.15) is 11.4 Å². The first kappa shape index (κ1) is 19.2. The third kappa shape index (κ3) is 3.48. The maximum absolute atomic E-state index is 13.3. The summed E-state index contributed by atoms with van der Waals surface area (Å²) in [5.41, 5.74) is 0.0132. The number of carbonyl (C=O) groups is 3. The number of hydrogen-bond acceptors (Lipinski definition) is 3. The Kier molecular flexibility index (Phi) is 5.04. The smallest absolute Gasteiger partial charge is 0.325 e. The molecule has 8 heteroatoms. The van der Waals surface area contributed by atoms with Gasteiger partial charge in [-0.15, -0.1) is 0 Å². The van der Waals surface area contributed by atoms with Crippen LogP contribution in [0.25, 0.3) is 0 Å². The highest BCUT2D eigenvalue weighted by atomic mass is 35.5. The first-order chi connectivity index (χ1) is 13.4. The van der Waals surface area contributed by atoms with E-state index in [0.29, 0.717) is 32.4 Å². The van der Waals surface area contributed by atoms with Crippen molar-refractivity contribution in [3.63, 3.8) is 0 Å². The number of nitrogens with one attached hydrogen (secondary N) is 1. The molecule has 4 rings (SSSR count). The first-order valence-electron chi connectivity index (χ1n) is 9.74. The van der Waals surface area contributed by atoms with Crippen molar-refractivity contribution in [3.8, 4) is 0 Å². The summed E-state index contributed by atoms with van der Waals surface area (Å²) >= 11 is 5.81. The molecule has 2 saturated heterocycles. The van der Waals surface area contributed by atoms with E-state index in [2.05, 4.69) is 5.32 Å². The van der Waals surface area contributed by atoms with Crippen LogP contribution in [0, 0.1) is 11.7 Å². The van der Waals surface area contributed by atoms with Gasteiger partial charge in [0.2, 0.25) is 5.91 Å². The normalized spacial score (nSPS) is 24.4. The summed E-state index contributed by atoms with van der Waals surface area (Å²) < 4.78 is 13.3. The molecule has 0 radical (unpaired) electrons. The third-order valence-corrected chi connectivity index (χ3v) is 6.34. The van der Waals surface area contributed by atoms with Crippen molar-refractivity contribution in [3.05, 3.63) is 34.6 Å². The van der Waals surface area contributed by atoms with Crippen LogP contribution in [0.1, 0.15) is 44.1 Å². The fourth-order valence-electron chi connectivity index (χ4n) is 4.58. The van der Waals surface area contributed by atoms with E-state index in [-0.39, 0.29) is 35.3 Å². The number of amides is 4. The van der Waals surface area contributed by atoms with Crippen molar-refractivity contribution in [1.29, 1.82) is 0 Å². The summed E-state index contributed by atoms with van der Waals surface area (Å²) in [5.74, 6) is -0.776. The van der Waals surface area contributed by atoms with Crippen LogP contribution in [0.3, 0.4) is 0 Å². The van der Waals surface area contributed by atoms with E-state index in [1.165, 1.54) is 17.0 Å². The van der Waals surface area contributed by atoms with Gasteiger partial charge in [0.25, 0.3) is 5.91 Å². The second kappa shape index (κ2) is 7.35. The number of hydrogen-bond donors (Lipinski definition) is 1. The summed E-state index contributed by atoms with van der Waals surface area (Å²) in [4.78, 5) is 40.7. The molecule has 1 saturated carbocycles. The van der Waals surface area contributed by atoms with Gasteiger partial charge < -0.3 is 10.2 Å². The van der Waals surface area contributed by atoms with Crippen LogP contribution in [0.4, 0.5) is 9.18 Å². The number of rotatable bonds is 4. The van der Waals surface area contributed by atoms with Gasteiger partial charge in [-0.25, -0.2) is 9.18 Å². The molecule has 6 nitrogen and oxygen atoms in total. The molecular weight excluding hydrogens is 385 g/mol. The zero-order valence-corrected chi connectivity index (χ0v) is 16.3. The molecule has 4 amide bonds. The molecule has 3 aliphatic rings. The first-order valence-corrected chi connectivity index (χ1v) is 10.1. The molecule has 2 heterocycles. The van der Waals surface area contributed by atoms with E-state index in [1.807, 2.05) is 0 Å². The fraction of sp³-hybridized carbons (Fsp3) is 0.550. The SMILES string of the molecule is O=C1CC(CN2C(=O)NC3(CCCCC3)C2=O)CN1Cc1ccc(F)c(Cl)c1. The molecular formula is C20H23ClFN3O3. The lowest BCUT2D eigenvalue weighted by Crippen LogP contribution is -2.48. The number of carbonyl (C=O) groups excluding carboxylic acids is 3. The molecule has 1 N–H and O–H groups in total. The maximum Gasteiger partial charge on any atom is 0.325 e. The Morgan fingerprint density at radius 1 is 1.18 bits per heavy atom. The van der Waals surface area contributed by atoms with Gasteiger partial charge in [-0.2, -0.15) is 0 Å². The van der Waals surface area contributed by atoms with Gasteiger partial charge in [-0.3, -0.25) is 14.5 Å². The standard InChI is InChI=1S/C20H23ClFN3O3/c21-15-8-13(4-5-16(15)22)10-24-11-14(9-17(24)26)12-25-18(27)20(23-19(25)28)6-2-1-3-7-20/h4-5,8,14H,1-3,6-7,9-12H2,(H,23,28). The minimum Gasteiger partial charge on any atom is -0.338 e. The van der Waals surface area contributed by atoms with Gasteiger partial charge >= 0.3 is 6.03 Å². The van der Waals surface area contributed by atoms with Crippen LogP contribution in [0.2, 0.25) is 5.02 Å². The summed E-state index contributed by atoms with van der Waals surface area (Å²) in [7, 11) is 0. The monoisotopic (exact) mass is 407 g/mol. The second-order valence-electron chi connectivity index (χ2n) is 8.08. The molecule has 1 spiro atoms. The highest BCUT2D eigenvalue weighted by molar-refractivity contribution is 6.30. The van der Waals surface area contributed by atoms with E-state index in [0.717, 1.165) is 24.8 Å². The number of benzene rings is 1. The number of likely N-dealkylation sites (tertiary alicyclic amines) is 1. The molecule has 150 valence electrons. The van der Waals surface area contributed by atoms with Crippen molar-refractivity contribution in [2.75, 3.05) is 13.1 Å². The van der Waals surface area contributed by atoms with Crippen molar-refractivity contribution >= 4 is 29.4 Å². The van der Waals surface area contributed by atoms with E-state index in [9.17, 15) is 18.8 Å². The maximum atomic E-state index is 13.3. The van der Waals surface area contributed by atoms with Gasteiger partial charge in [0.15, 0.2) is 0 Å². The number of urea groups is 1. The van der Waals surface area contributed by atoms with E-state index >= 15 is 0 Å². The average Bonchev–Trinajstić information content (AvgIpc) is 3.11. The molecule has 0 bridgehead atoms. The lowest BCUT2D eigenvalue weighted by Gasteiger charge is -2.30. The van der Waals surface area contributed by atoms with Gasteiger partial charge in [0, 0.05) is 32.0 Å². The Labute approximate surface area is 168 Å². The number of imide groups is 1. The van der Waals surface area contributed by atoms with Gasteiger partial charge in [-0.05, 0) is 30.5 Å². The number of nitrogens with zero attached hydrogens (tertiary/aromatic N) is 2. The third-order valence-electron chi connectivity index (χ3n) is 6.05. The Hall–Kier alpha value is -2.15. The molecule has 3 fully saturated rings. The van der Waals surface area contributed by atoms with Gasteiger partial charge in [-0.1, -0.05) is 36.9 Å². The minimum atomic E-state index is -0.734. The highest BCUT2D eigenvalue weighted by Gasteiger charge is 2.52. The average molecular weight is 408 g/mol. The van der Waals surface area contributed by atoms with Crippen molar-refractivity contribution in [1.82, 2.24) is 15.1 Å².